The number of hydrogen-bond acceptors (Lipinski definition) is 3. The second kappa shape index (κ2) is 12.3. The Bertz CT molecular complexity index is 3770. The number of fused-ring (bicyclic) bond motifs is 11. The predicted octanol–water partition coefficient (Wildman–Crippen LogP) is 16.4. The van der Waals surface area contributed by atoms with Crippen LogP contribution < -0.4 is 0 Å². The fourth-order valence-electron chi connectivity index (χ4n) is 9.64. The van der Waals surface area contributed by atoms with Crippen LogP contribution in [0, 0.1) is 0 Å². The fourth-order valence-corrected chi connectivity index (χ4v) is 9.64. The Morgan fingerprint density at radius 3 is 1.51 bits per heavy atom. The Morgan fingerprint density at radius 1 is 0.237 bits per heavy atom. The summed E-state index contributed by atoms with van der Waals surface area (Å²) in [6.07, 6.45) is 0. The lowest BCUT2D eigenvalue weighted by molar-refractivity contribution is 0.664. The highest BCUT2D eigenvalue weighted by atomic mass is 16.3. The zero-order chi connectivity index (χ0) is 38.6. The Hall–Kier alpha value is -7.88. The van der Waals surface area contributed by atoms with Crippen LogP contribution in [0.15, 0.2) is 207 Å². The number of hydrogen-bond donors (Lipinski definition) is 0. The van der Waals surface area contributed by atoms with Crippen LogP contribution in [0.5, 0.6) is 0 Å². The van der Waals surface area contributed by atoms with Gasteiger partial charge in [-0.15, -0.1) is 0 Å². The molecule has 0 amide bonds. The van der Waals surface area contributed by atoms with Crippen molar-refractivity contribution < 1.29 is 13.3 Å². The monoisotopic (exact) mass is 752 g/mol. The van der Waals surface area contributed by atoms with Crippen LogP contribution in [0.2, 0.25) is 0 Å². The van der Waals surface area contributed by atoms with Gasteiger partial charge in [0.25, 0.3) is 0 Å². The molecule has 0 bridgehead atoms. The van der Waals surface area contributed by atoms with Gasteiger partial charge in [0.05, 0.1) is 0 Å². The number of para-hydroxylation sites is 2. The zero-order valence-corrected chi connectivity index (χ0v) is 31.7. The lowest BCUT2D eigenvalue weighted by Gasteiger charge is -2.19. The largest absolute Gasteiger partial charge is 0.456 e. The van der Waals surface area contributed by atoms with E-state index >= 15 is 0 Å². The molecule has 0 unspecified atom stereocenters. The van der Waals surface area contributed by atoms with E-state index in [1.165, 1.54) is 38.2 Å². The molecule has 0 aliphatic carbocycles. The van der Waals surface area contributed by atoms with Crippen molar-refractivity contribution in [3.05, 3.63) is 194 Å². The number of benzene rings is 10. The average Bonchev–Trinajstić information content (AvgIpc) is 3.98. The molecule has 274 valence electrons. The summed E-state index contributed by atoms with van der Waals surface area (Å²) in [6.45, 7) is 0. The molecule has 0 saturated heterocycles. The first-order chi connectivity index (χ1) is 29.2. The molecular formula is C56H32O3. The lowest BCUT2D eigenvalue weighted by Crippen LogP contribution is -1.92. The molecule has 13 rings (SSSR count). The molecular weight excluding hydrogens is 721 g/mol. The molecule has 0 fully saturated rings. The van der Waals surface area contributed by atoms with E-state index in [1.807, 2.05) is 12.1 Å². The van der Waals surface area contributed by atoms with Gasteiger partial charge in [-0.3, -0.25) is 0 Å². The first-order valence-electron chi connectivity index (χ1n) is 20.1. The Balaban J connectivity index is 1.06. The summed E-state index contributed by atoms with van der Waals surface area (Å²) in [5, 5.41) is 11.2. The second-order valence-electron chi connectivity index (χ2n) is 15.5. The maximum absolute atomic E-state index is 6.72. The summed E-state index contributed by atoms with van der Waals surface area (Å²) >= 11 is 0. The highest BCUT2D eigenvalue weighted by Gasteiger charge is 2.22. The van der Waals surface area contributed by atoms with Gasteiger partial charge in [0.15, 0.2) is 0 Å². The van der Waals surface area contributed by atoms with Gasteiger partial charge in [-0.1, -0.05) is 152 Å². The standard InChI is InChI=1S/C56H32O3/c1-3-14-33(15-4-1)37-23-13-24-42-45-31-50-46(32-51(45)59-56(37)42)44-28-35(26-27-49(44)57-50)36-29-47(55-43-22-11-12-25-48(43)58-52(55)30-36)54-40-20-9-7-18-38(40)53(34-16-5-2-6-17-34)39-19-8-10-21-41(39)54/h1-32H. The highest BCUT2D eigenvalue weighted by Crippen LogP contribution is 2.49. The molecule has 0 radical (unpaired) electrons. The summed E-state index contributed by atoms with van der Waals surface area (Å²) in [7, 11) is 0. The minimum absolute atomic E-state index is 0.835. The van der Waals surface area contributed by atoms with Crippen molar-refractivity contribution in [2.24, 2.45) is 0 Å². The molecule has 3 heteroatoms. The molecule has 3 aromatic heterocycles. The van der Waals surface area contributed by atoms with Crippen LogP contribution in [-0.2, 0) is 0 Å². The lowest BCUT2D eigenvalue weighted by atomic mass is 9.84. The molecule has 0 spiro atoms. The fraction of sp³-hybridized carbons (Fsp3) is 0. The first-order valence-corrected chi connectivity index (χ1v) is 20.1. The molecule has 3 heterocycles. The van der Waals surface area contributed by atoms with Crippen molar-refractivity contribution in [1.29, 1.82) is 0 Å². The van der Waals surface area contributed by atoms with Gasteiger partial charge in [0.2, 0.25) is 0 Å². The smallest absolute Gasteiger partial charge is 0.143 e. The van der Waals surface area contributed by atoms with E-state index < -0.39 is 0 Å². The van der Waals surface area contributed by atoms with Crippen molar-refractivity contribution in [2.75, 3.05) is 0 Å². The third-order valence-corrected chi connectivity index (χ3v) is 12.2. The van der Waals surface area contributed by atoms with Gasteiger partial charge in [0.1, 0.15) is 33.5 Å². The van der Waals surface area contributed by atoms with E-state index in [2.05, 4.69) is 182 Å². The van der Waals surface area contributed by atoms with E-state index in [0.717, 1.165) is 93.6 Å². The van der Waals surface area contributed by atoms with E-state index in [1.54, 1.807) is 0 Å². The number of furan rings is 3. The van der Waals surface area contributed by atoms with Gasteiger partial charge < -0.3 is 13.3 Å². The van der Waals surface area contributed by atoms with Gasteiger partial charge >= 0.3 is 0 Å². The van der Waals surface area contributed by atoms with Crippen LogP contribution in [0.4, 0.5) is 0 Å². The normalized spacial score (nSPS) is 12.1. The minimum atomic E-state index is 0.835. The maximum atomic E-state index is 6.72. The molecule has 0 saturated carbocycles. The van der Waals surface area contributed by atoms with Crippen molar-refractivity contribution in [2.45, 2.75) is 0 Å². The highest BCUT2D eigenvalue weighted by molar-refractivity contribution is 6.26. The van der Waals surface area contributed by atoms with E-state index in [0.29, 0.717) is 0 Å². The summed E-state index contributed by atoms with van der Waals surface area (Å²) in [6, 6.07) is 69.0. The van der Waals surface area contributed by atoms with Crippen LogP contribution in [0.3, 0.4) is 0 Å². The Labute approximate surface area is 337 Å². The summed E-state index contributed by atoms with van der Waals surface area (Å²) in [5.41, 5.74) is 14.3. The second-order valence-corrected chi connectivity index (χ2v) is 15.5. The van der Waals surface area contributed by atoms with E-state index in [4.69, 9.17) is 13.3 Å². The molecule has 13 aromatic rings. The molecule has 0 aliphatic heterocycles. The summed E-state index contributed by atoms with van der Waals surface area (Å²) in [4.78, 5) is 0. The number of rotatable bonds is 4. The van der Waals surface area contributed by atoms with Crippen LogP contribution >= 0.6 is 0 Å². The quantitative estimate of drug-likeness (QED) is 0.168. The van der Waals surface area contributed by atoms with Crippen LogP contribution in [-0.4, -0.2) is 0 Å². The Kier molecular flexibility index (Phi) is 6.72. The van der Waals surface area contributed by atoms with E-state index in [-0.39, 0.29) is 0 Å². The first kappa shape index (κ1) is 32.2. The molecule has 10 aromatic carbocycles. The average molecular weight is 753 g/mol. The third kappa shape index (κ3) is 4.76. The molecule has 59 heavy (non-hydrogen) atoms. The maximum Gasteiger partial charge on any atom is 0.143 e. The van der Waals surface area contributed by atoms with Gasteiger partial charge in [-0.2, -0.15) is 0 Å². The van der Waals surface area contributed by atoms with Crippen molar-refractivity contribution in [3.63, 3.8) is 0 Å². The van der Waals surface area contributed by atoms with Crippen LogP contribution in [0.25, 0.3) is 132 Å². The molecule has 0 atom stereocenters. The topological polar surface area (TPSA) is 39.4 Å². The van der Waals surface area contributed by atoms with Crippen molar-refractivity contribution in [3.8, 4) is 44.5 Å². The van der Waals surface area contributed by atoms with Crippen molar-refractivity contribution >= 4 is 87.4 Å². The predicted molar refractivity (Wildman–Crippen MR) is 245 cm³/mol. The molecule has 3 nitrogen and oxygen atoms in total. The van der Waals surface area contributed by atoms with Gasteiger partial charge in [-0.05, 0) is 103 Å². The minimum Gasteiger partial charge on any atom is -0.456 e. The summed E-state index contributed by atoms with van der Waals surface area (Å²) < 4.78 is 20.0. The molecule has 0 N–H and O–H groups in total. The Morgan fingerprint density at radius 2 is 0.780 bits per heavy atom. The van der Waals surface area contributed by atoms with Crippen LogP contribution in [0.1, 0.15) is 0 Å². The van der Waals surface area contributed by atoms with Gasteiger partial charge in [-0.25, -0.2) is 0 Å². The molecule has 0 aliphatic rings. The van der Waals surface area contributed by atoms with E-state index in [9.17, 15) is 0 Å². The SMILES string of the molecule is c1ccc(-c2c3ccccc3c(-c3cc(-c4ccc5oc6cc7c(cc6c5c4)oc4c(-c5ccccc5)cccc47)cc4oc5ccccc5c34)c3ccccc23)cc1. The van der Waals surface area contributed by atoms with Crippen molar-refractivity contribution in [1.82, 2.24) is 0 Å². The summed E-state index contributed by atoms with van der Waals surface area (Å²) in [5.74, 6) is 0. The third-order valence-electron chi connectivity index (χ3n) is 12.2. The van der Waals surface area contributed by atoms with Gasteiger partial charge in [0, 0.05) is 37.9 Å². The zero-order valence-electron chi connectivity index (χ0n) is 31.7.